The van der Waals surface area contributed by atoms with Gasteiger partial charge in [0.05, 0.1) is 11.5 Å². The Kier molecular flexibility index (Phi) is 4.86. The summed E-state index contributed by atoms with van der Waals surface area (Å²) in [6, 6.07) is 6.47. The van der Waals surface area contributed by atoms with Gasteiger partial charge in [-0.2, -0.15) is 8.42 Å². The molecule has 3 heterocycles. The van der Waals surface area contributed by atoms with Gasteiger partial charge in [0.2, 0.25) is 0 Å². The normalized spacial score (nSPS) is 36.5. The third-order valence-electron chi connectivity index (χ3n) is 4.97. The SMILES string of the molecule is Cc1ccc(S(=O)(=O)O[C@@H]2[C@@H]3OC(C)(C)O[C@@H]3O[C@@H]2[C@@H]2COC(C)(C)O2)cc1. The van der Waals surface area contributed by atoms with Gasteiger partial charge < -0.3 is 23.7 Å². The zero-order chi connectivity index (χ0) is 20.3. The van der Waals surface area contributed by atoms with E-state index in [1.165, 1.54) is 12.1 Å². The molecule has 0 aliphatic carbocycles. The summed E-state index contributed by atoms with van der Waals surface area (Å²) in [6.07, 6.45) is -3.60. The number of aryl methyl sites for hydroxylation is 1. The summed E-state index contributed by atoms with van der Waals surface area (Å²) in [4.78, 5) is 0.0717. The second-order valence-electron chi connectivity index (χ2n) is 8.26. The highest BCUT2D eigenvalue weighted by molar-refractivity contribution is 7.86. The first-order valence-electron chi connectivity index (χ1n) is 9.29. The summed E-state index contributed by atoms with van der Waals surface area (Å²) in [5, 5.41) is 0. The highest BCUT2D eigenvalue weighted by Gasteiger charge is 2.60. The van der Waals surface area contributed by atoms with Crippen molar-refractivity contribution in [3.8, 4) is 0 Å². The average molecular weight is 414 g/mol. The summed E-state index contributed by atoms with van der Waals surface area (Å²) in [5.41, 5.74) is 0.953. The topological polar surface area (TPSA) is 89.5 Å². The third kappa shape index (κ3) is 3.85. The molecule has 0 spiro atoms. The largest absolute Gasteiger partial charge is 0.348 e. The van der Waals surface area contributed by atoms with E-state index in [1.807, 2.05) is 6.92 Å². The van der Waals surface area contributed by atoms with E-state index in [4.69, 9.17) is 27.9 Å². The number of benzene rings is 1. The predicted molar refractivity (Wildman–Crippen MR) is 96.8 cm³/mol. The van der Waals surface area contributed by atoms with E-state index in [0.717, 1.165) is 5.56 Å². The molecule has 4 rings (SSSR count). The summed E-state index contributed by atoms with van der Waals surface area (Å²) < 4.78 is 60.5. The van der Waals surface area contributed by atoms with Crippen LogP contribution in [0.25, 0.3) is 0 Å². The molecule has 0 saturated carbocycles. The van der Waals surface area contributed by atoms with Crippen molar-refractivity contribution in [3.63, 3.8) is 0 Å². The quantitative estimate of drug-likeness (QED) is 0.692. The van der Waals surface area contributed by atoms with Crippen molar-refractivity contribution in [1.82, 2.24) is 0 Å². The van der Waals surface area contributed by atoms with Gasteiger partial charge in [-0.25, -0.2) is 0 Å². The van der Waals surface area contributed by atoms with Crippen molar-refractivity contribution in [2.24, 2.45) is 0 Å². The summed E-state index contributed by atoms with van der Waals surface area (Å²) >= 11 is 0. The van der Waals surface area contributed by atoms with E-state index in [0.29, 0.717) is 0 Å². The van der Waals surface area contributed by atoms with Crippen LogP contribution in [0.5, 0.6) is 0 Å². The molecule has 0 radical (unpaired) electrons. The van der Waals surface area contributed by atoms with E-state index in [9.17, 15) is 8.42 Å². The van der Waals surface area contributed by atoms with E-state index in [-0.39, 0.29) is 11.5 Å². The Morgan fingerprint density at radius 1 is 0.964 bits per heavy atom. The molecule has 3 fully saturated rings. The number of rotatable bonds is 4. The molecular weight excluding hydrogens is 388 g/mol. The van der Waals surface area contributed by atoms with Crippen LogP contribution in [0.3, 0.4) is 0 Å². The first-order valence-corrected chi connectivity index (χ1v) is 10.7. The molecule has 0 amide bonds. The van der Waals surface area contributed by atoms with Crippen LogP contribution < -0.4 is 0 Å². The fourth-order valence-electron chi connectivity index (χ4n) is 3.70. The fraction of sp³-hybridized carbons (Fsp3) is 0.684. The van der Waals surface area contributed by atoms with Crippen molar-refractivity contribution < 1.29 is 36.3 Å². The number of fused-ring (bicyclic) bond motifs is 1. The smallest absolute Gasteiger partial charge is 0.297 e. The van der Waals surface area contributed by atoms with Crippen LogP contribution in [0.2, 0.25) is 0 Å². The Hall–Kier alpha value is -1.07. The molecule has 5 atom stereocenters. The van der Waals surface area contributed by atoms with Crippen molar-refractivity contribution in [1.29, 1.82) is 0 Å². The molecule has 8 nitrogen and oxygen atoms in total. The molecule has 9 heteroatoms. The maximum atomic E-state index is 12.9. The van der Waals surface area contributed by atoms with Gasteiger partial charge in [-0.1, -0.05) is 17.7 Å². The summed E-state index contributed by atoms with van der Waals surface area (Å²) in [5.74, 6) is -1.69. The summed E-state index contributed by atoms with van der Waals surface area (Å²) in [6.45, 7) is 9.20. The van der Waals surface area contributed by atoms with Crippen molar-refractivity contribution >= 4 is 10.1 Å². The van der Waals surface area contributed by atoms with Crippen LogP contribution in [-0.4, -0.2) is 57.3 Å². The highest BCUT2D eigenvalue weighted by atomic mass is 32.2. The number of hydrogen-bond acceptors (Lipinski definition) is 8. The molecule has 1 aromatic carbocycles. The molecule has 3 aliphatic rings. The van der Waals surface area contributed by atoms with E-state index >= 15 is 0 Å². The monoisotopic (exact) mass is 414 g/mol. The van der Waals surface area contributed by atoms with Gasteiger partial charge in [-0.15, -0.1) is 0 Å². The van der Waals surface area contributed by atoms with Crippen molar-refractivity contribution in [2.45, 2.75) is 81.8 Å². The molecule has 0 bridgehead atoms. The number of hydrogen-bond donors (Lipinski definition) is 0. The van der Waals surface area contributed by atoms with Crippen LogP contribution in [0.1, 0.15) is 33.3 Å². The fourth-order valence-corrected chi connectivity index (χ4v) is 4.79. The molecule has 28 heavy (non-hydrogen) atoms. The molecular formula is C19H26O8S. The van der Waals surface area contributed by atoms with Gasteiger partial charge in [-0.3, -0.25) is 4.18 Å². The standard InChI is InChI=1S/C19H26O8S/c1-11-6-8-12(9-7-11)28(20,21)27-15-14(13-10-22-18(2,3)24-13)23-17-16(15)25-19(4,5)26-17/h6-9,13-17H,10H2,1-5H3/t13-,14+,15-,16-,17-/m0/s1. The lowest BCUT2D eigenvalue weighted by atomic mass is 10.1. The van der Waals surface area contributed by atoms with Crippen molar-refractivity contribution in [2.75, 3.05) is 6.61 Å². The lowest BCUT2D eigenvalue weighted by Gasteiger charge is -2.28. The Bertz CT molecular complexity index is 832. The molecule has 0 unspecified atom stereocenters. The Labute approximate surface area is 165 Å². The van der Waals surface area contributed by atoms with E-state index < -0.39 is 52.4 Å². The van der Waals surface area contributed by atoms with Gasteiger partial charge in [0.1, 0.15) is 24.4 Å². The molecule has 0 aromatic heterocycles. The Balaban J connectivity index is 1.61. The van der Waals surface area contributed by atoms with Crippen LogP contribution in [-0.2, 0) is 38.0 Å². The van der Waals surface area contributed by atoms with Crippen LogP contribution in [0.4, 0.5) is 0 Å². The first kappa shape index (κ1) is 20.2. The average Bonchev–Trinajstić information content (AvgIpc) is 3.18. The summed E-state index contributed by atoms with van der Waals surface area (Å²) in [7, 11) is -4.04. The Morgan fingerprint density at radius 3 is 2.25 bits per heavy atom. The highest BCUT2D eigenvalue weighted by Crippen LogP contribution is 2.42. The zero-order valence-electron chi connectivity index (χ0n) is 16.6. The van der Waals surface area contributed by atoms with Gasteiger partial charge in [0.25, 0.3) is 10.1 Å². The minimum absolute atomic E-state index is 0.0717. The maximum Gasteiger partial charge on any atom is 0.297 e. The van der Waals surface area contributed by atoms with Crippen LogP contribution >= 0.6 is 0 Å². The predicted octanol–water partition coefficient (Wildman–Crippen LogP) is 2.10. The lowest BCUT2D eigenvalue weighted by molar-refractivity contribution is -0.230. The van der Waals surface area contributed by atoms with E-state index in [1.54, 1.807) is 39.8 Å². The maximum absolute atomic E-state index is 12.9. The van der Waals surface area contributed by atoms with E-state index in [2.05, 4.69) is 0 Å². The second-order valence-corrected chi connectivity index (χ2v) is 9.84. The molecule has 0 N–H and O–H groups in total. The van der Waals surface area contributed by atoms with Gasteiger partial charge in [-0.05, 0) is 46.8 Å². The van der Waals surface area contributed by atoms with Gasteiger partial charge in [0.15, 0.2) is 17.9 Å². The number of ether oxygens (including phenoxy) is 5. The molecule has 3 aliphatic heterocycles. The zero-order valence-corrected chi connectivity index (χ0v) is 17.4. The minimum atomic E-state index is -4.04. The second kappa shape index (κ2) is 6.73. The lowest BCUT2D eigenvalue weighted by Crippen LogP contribution is -2.45. The van der Waals surface area contributed by atoms with Gasteiger partial charge in [0, 0.05) is 0 Å². The van der Waals surface area contributed by atoms with Crippen molar-refractivity contribution in [3.05, 3.63) is 29.8 Å². The molecule has 1 aromatic rings. The third-order valence-corrected chi connectivity index (χ3v) is 6.30. The Morgan fingerprint density at radius 2 is 1.64 bits per heavy atom. The first-order chi connectivity index (χ1) is 13.0. The molecule has 3 saturated heterocycles. The molecule has 156 valence electrons. The van der Waals surface area contributed by atoms with Crippen LogP contribution in [0.15, 0.2) is 29.2 Å². The van der Waals surface area contributed by atoms with Gasteiger partial charge >= 0.3 is 0 Å². The van der Waals surface area contributed by atoms with Crippen LogP contribution in [0, 0.1) is 6.92 Å². The minimum Gasteiger partial charge on any atom is -0.348 e.